The summed E-state index contributed by atoms with van der Waals surface area (Å²) in [5, 5.41) is 15.0. The first-order valence-corrected chi connectivity index (χ1v) is 11.4. The number of rotatable bonds is 10. The molecular formula is C23H24ClN5O3S. The van der Waals surface area contributed by atoms with Crippen LogP contribution >= 0.6 is 23.4 Å². The summed E-state index contributed by atoms with van der Waals surface area (Å²) in [7, 11) is 1.58. The largest absolute Gasteiger partial charge is 0.497 e. The van der Waals surface area contributed by atoms with Crippen LogP contribution in [0.15, 0.2) is 60.3 Å². The SMILES string of the molecule is C=CCn1c(CC(=O)Nc2ccc(C)c(Cl)c2)nnc1SCC(=O)Nc1ccc(OC)cc1. The lowest BCUT2D eigenvalue weighted by atomic mass is 10.2. The second kappa shape index (κ2) is 11.5. The number of halogens is 1. The van der Waals surface area contributed by atoms with Gasteiger partial charge < -0.3 is 19.9 Å². The zero-order valence-electron chi connectivity index (χ0n) is 18.3. The molecule has 2 amide bonds. The highest BCUT2D eigenvalue weighted by Gasteiger charge is 2.16. The van der Waals surface area contributed by atoms with Crippen molar-refractivity contribution in [3.05, 3.63) is 71.5 Å². The third kappa shape index (κ3) is 6.84. The number of hydrogen-bond acceptors (Lipinski definition) is 6. The lowest BCUT2D eigenvalue weighted by molar-refractivity contribution is -0.116. The van der Waals surface area contributed by atoms with E-state index < -0.39 is 0 Å². The molecule has 0 bridgehead atoms. The molecule has 1 aromatic heterocycles. The second-order valence-electron chi connectivity index (χ2n) is 7.05. The summed E-state index contributed by atoms with van der Waals surface area (Å²) in [6.07, 6.45) is 1.71. The van der Waals surface area contributed by atoms with Crippen LogP contribution in [0.5, 0.6) is 5.75 Å². The Morgan fingerprint density at radius 2 is 1.82 bits per heavy atom. The maximum Gasteiger partial charge on any atom is 0.234 e. The molecule has 2 aromatic carbocycles. The number of thioether (sulfide) groups is 1. The van der Waals surface area contributed by atoms with Crippen molar-refractivity contribution >= 4 is 46.6 Å². The average Bonchev–Trinajstić information content (AvgIpc) is 3.16. The third-order valence-corrected chi connectivity index (χ3v) is 5.96. The first-order valence-electron chi connectivity index (χ1n) is 10.0. The number of amides is 2. The van der Waals surface area contributed by atoms with Crippen LogP contribution in [0.2, 0.25) is 5.02 Å². The van der Waals surface area contributed by atoms with Gasteiger partial charge in [0.25, 0.3) is 0 Å². The van der Waals surface area contributed by atoms with Gasteiger partial charge in [-0.25, -0.2) is 0 Å². The summed E-state index contributed by atoms with van der Waals surface area (Å²) in [5.41, 5.74) is 2.20. The molecule has 0 fully saturated rings. The van der Waals surface area contributed by atoms with Gasteiger partial charge in [-0.1, -0.05) is 35.5 Å². The normalized spacial score (nSPS) is 10.5. The number of nitrogens with one attached hydrogen (secondary N) is 2. The van der Waals surface area contributed by atoms with Gasteiger partial charge in [-0.05, 0) is 48.9 Å². The van der Waals surface area contributed by atoms with E-state index in [9.17, 15) is 9.59 Å². The van der Waals surface area contributed by atoms with Crippen molar-refractivity contribution in [1.29, 1.82) is 0 Å². The molecule has 0 radical (unpaired) electrons. The van der Waals surface area contributed by atoms with E-state index in [1.165, 1.54) is 11.8 Å². The number of carbonyl (C=O) groups is 2. The van der Waals surface area contributed by atoms with Crippen molar-refractivity contribution in [1.82, 2.24) is 14.8 Å². The number of nitrogens with zero attached hydrogens (tertiary/aromatic N) is 3. The van der Waals surface area contributed by atoms with E-state index in [2.05, 4.69) is 27.4 Å². The number of carbonyl (C=O) groups excluding carboxylic acids is 2. The van der Waals surface area contributed by atoms with Crippen molar-refractivity contribution in [2.75, 3.05) is 23.5 Å². The number of anilines is 2. The van der Waals surface area contributed by atoms with Crippen LogP contribution in [0.1, 0.15) is 11.4 Å². The van der Waals surface area contributed by atoms with Gasteiger partial charge in [0.15, 0.2) is 5.16 Å². The summed E-state index contributed by atoms with van der Waals surface area (Å²) < 4.78 is 6.88. The maximum atomic E-state index is 12.5. The molecule has 3 rings (SSSR count). The number of ether oxygens (including phenoxy) is 1. The van der Waals surface area contributed by atoms with Crippen molar-refractivity contribution in [2.24, 2.45) is 0 Å². The Labute approximate surface area is 201 Å². The summed E-state index contributed by atoms with van der Waals surface area (Å²) in [6, 6.07) is 12.4. The fourth-order valence-electron chi connectivity index (χ4n) is 2.89. The average molecular weight is 486 g/mol. The first-order chi connectivity index (χ1) is 15.9. The number of aryl methyl sites for hydroxylation is 1. The van der Waals surface area contributed by atoms with E-state index in [1.807, 2.05) is 13.0 Å². The van der Waals surface area contributed by atoms with E-state index in [0.717, 1.165) is 5.56 Å². The molecule has 10 heteroatoms. The molecule has 3 aromatic rings. The van der Waals surface area contributed by atoms with Crippen LogP contribution in [0.25, 0.3) is 0 Å². The molecule has 0 unspecified atom stereocenters. The van der Waals surface area contributed by atoms with E-state index in [0.29, 0.717) is 39.7 Å². The summed E-state index contributed by atoms with van der Waals surface area (Å²) in [6.45, 7) is 6.06. The molecule has 0 aliphatic rings. The summed E-state index contributed by atoms with van der Waals surface area (Å²) in [5.74, 6) is 0.885. The van der Waals surface area contributed by atoms with Crippen molar-refractivity contribution in [2.45, 2.75) is 25.0 Å². The Balaban J connectivity index is 1.60. The van der Waals surface area contributed by atoms with Gasteiger partial charge in [-0.15, -0.1) is 16.8 Å². The van der Waals surface area contributed by atoms with Gasteiger partial charge >= 0.3 is 0 Å². The van der Waals surface area contributed by atoms with Crippen LogP contribution in [-0.2, 0) is 22.6 Å². The molecule has 0 aliphatic carbocycles. The molecule has 1 heterocycles. The van der Waals surface area contributed by atoms with Crippen LogP contribution < -0.4 is 15.4 Å². The molecule has 0 atom stereocenters. The van der Waals surface area contributed by atoms with Gasteiger partial charge in [0.2, 0.25) is 11.8 Å². The van der Waals surface area contributed by atoms with Crippen molar-refractivity contribution in [3.8, 4) is 5.75 Å². The van der Waals surface area contributed by atoms with Crippen molar-refractivity contribution < 1.29 is 14.3 Å². The predicted molar refractivity (Wildman–Crippen MR) is 131 cm³/mol. The van der Waals surface area contributed by atoms with Gasteiger partial charge in [0.1, 0.15) is 11.6 Å². The fraction of sp³-hybridized carbons (Fsp3) is 0.217. The quantitative estimate of drug-likeness (QED) is 0.327. The second-order valence-corrected chi connectivity index (χ2v) is 8.40. The van der Waals surface area contributed by atoms with E-state index in [-0.39, 0.29) is 24.0 Å². The Morgan fingerprint density at radius 1 is 1.12 bits per heavy atom. The Kier molecular flexibility index (Phi) is 8.51. The van der Waals surface area contributed by atoms with Gasteiger partial charge in [-0.2, -0.15) is 0 Å². The lowest BCUT2D eigenvalue weighted by Crippen LogP contribution is -2.18. The lowest BCUT2D eigenvalue weighted by Gasteiger charge is -2.09. The number of benzene rings is 2. The minimum Gasteiger partial charge on any atom is -0.497 e. The highest BCUT2D eigenvalue weighted by Crippen LogP contribution is 2.21. The van der Waals surface area contributed by atoms with Crippen LogP contribution in [0.4, 0.5) is 11.4 Å². The minimum atomic E-state index is -0.249. The molecule has 2 N–H and O–H groups in total. The standard InChI is InChI=1S/C23H24ClN5O3S/c1-4-11-29-20(13-21(30)26-17-6-5-15(2)19(24)12-17)27-28-23(29)33-14-22(31)25-16-7-9-18(32-3)10-8-16/h4-10,12H,1,11,13-14H2,2-3H3,(H,25,31)(H,26,30). The van der Waals surface area contributed by atoms with E-state index in [4.69, 9.17) is 16.3 Å². The highest BCUT2D eigenvalue weighted by atomic mass is 35.5. The van der Waals surface area contributed by atoms with Crippen LogP contribution in [0.3, 0.4) is 0 Å². The monoisotopic (exact) mass is 485 g/mol. The van der Waals surface area contributed by atoms with Gasteiger partial charge in [-0.3, -0.25) is 9.59 Å². The molecule has 8 nitrogen and oxygen atoms in total. The fourth-order valence-corrected chi connectivity index (χ4v) is 3.84. The number of hydrogen-bond donors (Lipinski definition) is 2. The minimum absolute atomic E-state index is 0.0188. The molecule has 0 spiro atoms. The van der Waals surface area contributed by atoms with Crippen LogP contribution in [0, 0.1) is 6.92 Å². The van der Waals surface area contributed by atoms with Gasteiger partial charge in [0.05, 0.1) is 19.3 Å². The van der Waals surface area contributed by atoms with Crippen LogP contribution in [-0.4, -0.2) is 39.4 Å². The smallest absolute Gasteiger partial charge is 0.234 e. The molecule has 0 aliphatic heterocycles. The predicted octanol–water partition coefficient (Wildman–Crippen LogP) is 4.35. The number of allylic oxidation sites excluding steroid dienone is 1. The topological polar surface area (TPSA) is 98.1 Å². The van der Waals surface area contributed by atoms with Crippen molar-refractivity contribution in [3.63, 3.8) is 0 Å². The molecular weight excluding hydrogens is 462 g/mol. The number of aromatic nitrogens is 3. The Hall–Kier alpha value is -3.30. The maximum absolute atomic E-state index is 12.5. The van der Waals surface area contributed by atoms with Gasteiger partial charge in [0, 0.05) is 22.9 Å². The zero-order valence-corrected chi connectivity index (χ0v) is 19.9. The molecule has 0 saturated carbocycles. The molecule has 172 valence electrons. The number of methoxy groups -OCH3 is 1. The molecule has 0 saturated heterocycles. The summed E-state index contributed by atoms with van der Waals surface area (Å²) >= 11 is 7.36. The summed E-state index contributed by atoms with van der Waals surface area (Å²) in [4.78, 5) is 24.9. The van der Waals surface area contributed by atoms with E-state index in [1.54, 1.807) is 54.2 Å². The molecule has 33 heavy (non-hydrogen) atoms. The Morgan fingerprint density at radius 3 is 2.48 bits per heavy atom. The zero-order chi connectivity index (χ0) is 23.8. The first kappa shape index (κ1) is 24.3. The Bertz CT molecular complexity index is 1150. The van der Waals surface area contributed by atoms with E-state index >= 15 is 0 Å². The highest BCUT2D eigenvalue weighted by molar-refractivity contribution is 7.99. The third-order valence-electron chi connectivity index (χ3n) is 4.59.